The topological polar surface area (TPSA) is 44.1 Å². The van der Waals surface area contributed by atoms with Crippen molar-refractivity contribution in [2.45, 2.75) is 13.5 Å². The molecule has 1 rings (SSSR count). The molecule has 1 heterocycles. The molecule has 0 amide bonds. The largest absolute Gasteiger partial charge is 0.464 e. The summed E-state index contributed by atoms with van der Waals surface area (Å²) < 4.78 is 17.8. The number of ether oxygens (including phenoxy) is 1. The number of methoxy groups -OCH3 is 1. The van der Waals surface area contributed by atoms with E-state index in [1.165, 1.54) is 11.8 Å². The molecule has 0 aliphatic rings. The van der Waals surface area contributed by atoms with Crippen molar-refractivity contribution in [3.05, 3.63) is 17.5 Å². The van der Waals surface area contributed by atoms with Crippen molar-refractivity contribution in [2.75, 3.05) is 13.8 Å². The van der Waals surface area contributed by atoms with Gasteiger partial charge in [-0.3, -0.25) is 4.68 Å². The van der Waals surface area contributed by atoms with Crippen molar-refractivity contribution >= 4 is 5.97 Å². The van der Waals surface area contributed by atoms with Crippen LogP contribution in [-0.4, -0.2) is 29.5 Å². The van der Waals surface area contributed by atoms with E-state index in [0.29, 0.717) is 5.69 Å². The molecule has 13 heavy (non-hydrogen) atoms. The van der Waals surface area contributed by atoms with Crippen molar-refractivity contribution in [2.24, 2.45) is 0 Å². The molecule has 1 aromatic heterocycles. The number of alkyl halides is 1. The summed E-state index contributed by atoms with van der Waals surface area (Å²) >= 11 is 0. The standard InChI is InChI=1S/C8H11FN2O2/c1-6-5-7(8(12)13-2)11(10-6)4-3-9/h5H,3-4H2,1-2H3. The first-order valence-corrected chi connectivity index (χ1v) is 3.87. The first kappa shape index (κ1) is 9.70. The molecule has 0 N–H and O–H groups in total. The molecule has 0 aliphatic carbocycles. The fourth-order valence-corrected chi connectivity index (χ4v) is 1.06. The molecule has 1 aromatic rings. The van der Waals surface area contributed by atoms with E-state index in [9.17, 15) is 9.18 Å². The zero-order valence-electron chi connectivity index (χ0n) is 7.58. The minimum absolute atomic E-state index is 0.0816. The van der Waals surface area contributed by atoms with Crippen LogP contribution in [0.4, 0.5) is 4.39 Å². The Bertz CT molecular complexity index is 309. The Labute approximate surface area is 75.3 Å². The SMILES string of the molecule is COC(=O)c1cc(C)nn1CCF. The Morgan fingerprint density at radius 3 is 3.00 bits per heavy atom. The number of carbonyl (C=O) groups excluding carboxylic acids is 1. The van der Waals surface area contributed by atoms with Gasteiger partial charge in [-0.25, -0.2) is 9.18 Å². The van der Waals surface area contributed by atoms with Crippen LogP contribution in [0.15, 0.2) is 6.07 Å². The summed E-state index contributed by atoms with van der Waals surface area (Å²) in [5.74, 6) is -0.492. The molecule has 0 bridgehead atoms. The van der Waals surface area contributed by atoms with Gasteiger partial charge in [0, 0.05) is 0 Å². The van der Waals surface area contributed by atoms with Crippen LogP contribution < -0.4 is 0 Å². The van der Waals surface area contributed by atoms with Crippen molar-refractivity contribution < 1.29 is 13.9 Å². The third-order valence-electron chi connectivity index (χ3n) is 1.59. The predicted octanol–water partition coefficient (Wildman–Crippen LogP) is 0.948. The highest BCUT2D eigenvalue weighted by Crippen LogP contribution is 2.05. The van der Waals surface area contributed by atoms with Crippen LogP contribution in [0.1, 0.15) is 16.2 Å². The van der Waals surface area contributed by atoms with Gasteiger partial charge >= 0.3 is 5.97 Å². The third-order valence-corrected chi connectivity index (χ3v) is 1.59. The molecule has 0 radical (unpaired) electrons. The van der Waals surface area contributed by atoms with Gasteiger partial charge < -0.3 is 4.74 Å². The van der Waals surface area contributed by atoms with Crippen LogP contribution in [-0.2, 0) is 11.3 Å². The normalized spacial score (nSPS) is 10.1. The number of hydrogen-bond acceptors (Lipinski definition) is 3. The Morgan fingerprint density at radius 2 is 2.46 bits per heavy atom. The average Bonchev–Trinajstić information content (AvgIpc) is 2.46. The lowest BCUT2D eigenvalue weighted by Gasteiger charge is -2.01. The number of rotatable bonds is 3. The zero-order valence-corrected chi connectivity index (χ0v) is 7.58. The molecule has 0 saturated carbocycles. The number of esters is 1. The number of aryl methyl sites for hydroxylation is 2. The van der Waals surface area contributed by atoms with Crippen LogP contribution in [0.5, 0.6) is 0 Å². The fourth-order valence-electron chi connectivity index (χ4n) is 1.06. The Kier molecular flexibility index (Phi) is 3.00. The first-order valence-electron chi connectivity index (χ1n) is 3.87. The van der Waals surface area contributed by atoms with Gasteiger partial charge in [0.05, 0.1) is 19.3 Å². The van der Waals surface area contributed by atoms with Crippen LogP contribution in [0.25, 0.3) is 0 Å². The van der Waals surface area contributed by atoms with Gasteiger partial charge in [-0.15, -0.1) is 0 Å². The summed E-state index contributed by atoms with van der Waals surface area (Å²) in [7, 11) is 1.28. The van der Waals surface area contributed by atoms with E-state index in [0.717, 1.165) is 0 Å². The highest BCUT2D eigenvalue weighted by molar-refractivity contribution is 5.87. The van der Waals surface area contributed by atoms with E-state index in [-0.39, 0.29) is 12.2 Å². The Balaban J connectivity index is 2.96. The lowest BCUT2D eigenvalue weighted by atomic mass is 10.4. The monoisotopic (exact) mass is 186 g/mol. The maximum atomic E-state index is 12.0. The number of carbonyl (C=O) groups is 1. The summed E-state index contributed by atoms with van der Waals surface area (Å²) in [5, 5.41) is 3.95. The van der Waals surface area contributed by atoms with Gasteiger partial charge in [-0.1, -0.05) is 0 Å². The fraction of sp³-hybridized carbons (Fsp3) is 0.500. The minimum atomic E-state index is -0.550. The maximum absolute atomic E-state index is 12.0. The molecule has 72 valence electrons. The van der Waals surface area contributed by atoms with Gasteiger partial charge in [0.1, 0.15) is 12.4 Å². The molecule has 5 heteroatoms. The molecule has 0 aliphatic heterocycles. The second-order valence-electron chi connectivity index (χ2n) is 2.57. The van der Waals surface area contributed by atoms with Gasteiger partial charge in [0.25, 0.3) is 0 Å². The molecule has 0 atom stereocenters. The molecular weight excluding hydrogens is 175 g/mol. The summed E-state index contributed by atoms with van der Waals surface area (Å²) in [6.45, 7) is 1.27. The molecule has 0 unspecified atom stereocenters. The molecular formula is C8H11FN2O2. The van der Waals surface area contributed by atoms with Crippen molar-refractivity contribution in [1.82, 2.24) is 9.78 Å². The number of halogens is 1. The molecule has 4 nitrogen and oxygen atoms in total. The number of aromatic nitrogens is 2. The van der Waals surface area contributed by atoms with E-state index in [1.54, 1.807) is 13.0 Å². The number of hydrogen-bond donors (Lipinski definition) is 0. The lowest BCUT2D eigenvalue weighted by molar-refractivity contribution is 0.0586. The smallest absolute Gasteiger partial charge is 0.356 e. The molecule has 0 saturated heterocycles. The van der Waals surface area contributed by atoms with Gasteiger partial charge in [-0.05, 0) is 13.0 Å². The molecule has 0 aromatic carbocycles. The highest BCUT2D eigenvalue weighted by Gasteiger charge is 2.13. The van der Waals surface area contributed by atoms with Gasteiger partial charge in [0.15, 0.2) is 0 Å². The van der Waals surface area contributed by atoms with Crippen molar-refractivity contribution in [3.8, 4) is 0 Å². The van der Waals surface area contributed by atoms with Crippen molar-refractivity contribution in [1.29, 1.82) is 0 Å². The maximum Gasteiger partial charge on any atom is 0.356 e. The highest BCUT2D eigenvalue weighted by atomic mass is 19.1. The van der Waals surface area contributed by atoms with E-state index in [1.807, 2.05) is 0 Å². The summed E-state index contributed by atoms with van der Waals surface area (Å²) in [6, 6.07) is 1.57. The van der Waals surface area contributed by atoms with Crippen LogP contribution in [0.3, 0.4) is 0 Å². The molecule has 0 spiro atoms. The zero-order chi connectivity index (χ0) is 9.84. The Hall–Kier alpha value is -1.39. The van der Waals surface area contributed by atoms with E-state index in [2.05, 4.69) is 9.84 Å². The molecule has 0 fully saturated rings. The predicted molar refractivity (Wildman–Crippen MR) is 44.3 cm³/mol. The quantitative estimate of drug-likeness (QED) is 0.660. The van der Waals surface area contributed by atoms with E-state index >= 15 is 0 Å². The van der Waals surface area contributed by atoms with Crippen LogP contribution in [0.2, 0.25) is 0 Å². The second kappa shape index (κ2) is 4.02. The third kappa shape index (κ3) is 2.05. The summed E-state index contributed by atoms with van der Waals surface area (Å²) in [5.41, 5.74) is 0.964. The van der Waals surface area contributed by atoms with Crippen molar-refractivity contribution in [3.63, 3.8) is 0 Å². The summed E-state index contributed by atoms with van der Waals surface area (Å²) in [6.07, 6.45) is 0. The first-order chi connectivity index (χ1) is 6.19. The van der Waals surface area contributed by atoms with E-state index < -0.39 is 12.6 Å². The van der Waals surface area contributed by atoms with Gasteiger partial charge in [-0.2, -0.15) is 5.10 Å². The van der Waals surface area contributed by atoms with Crippen LogP contribution in [0, 0.1) is 6.92 Å². The lowest BCUT2D eigenvalue weighted by Crippen LogP contribution is -2.12. The van der Waals surface area contributed by atoms with E-state index in [4.69, 9.17) is 0 Å². The second-order valence-corrected chi connectivity index (χ2v) is 2.57. The summed E-state index contributed by atoms with van der Waals surface area (Å²) in [4.78, 5) is 11.1. The minimum Gasteiger partial charge on any atom is -0.464 e. The number of nitrogens with zero attached hydrogens (tertiary/aromatic N) is 2. The Morgan fingerprint density at radius 1 is 1.77 bits per heavy atom. The average molecular weight is 186 g/mol. The van der Waals surface area contributed by atoms with Gasteiger partial charge in [0.2, 0.25) is 0 Å². The van der Waals surface area contributed by atoms with Crippen LogP contribution >= 0.6 is 0 Å².